The zero-order valence-electron chi connectivity index (χ0n) is 6.39. The van der Waals surface area contributed by atoms with E-state index in [0.29, 0.717) is 5.71 Å². The first-order chi connectivity index (χ1) is 6.36. The Bertz CT molecular complexity index is 495. The molecule has 3 rings (SSSR count). The second kappa shape index (κ2) is 2.20. The minimum absolute atomic E-state index is 0.346. The smallest absolute Gasteiger partial charge is 0.263 e. The SMILES string of the molecule is O=C1N=NC=C2C1=Nc1ccsc12. The fourth-order valence-electron chi connectivity index (χ4n) is 1.35. The van der Waals surface area contributed by atoms with Gasteiger partial charge in [-0.3, -0.25) is 4.79 Å². The van der Waals surface area contributed by atoms with Crippen molar-refractivity contribution >= 4 is 34.2 Å². The molecular formula is C8H3N3OS. The summed E-state index contributed by atoms with van der Waals surface area (Å²) in [6.07, 6.45) is 1.59. The standard InChI is InChI=1S/C8H3N3OS/c12-8-6-4(3-9-11-8)7-5(10-6)1-2-13-7/h1-3H. The summed E-state index contributed by atoms with van der Waals surface area (Å²) in [5.41, 5.74) is 2.09. The zero-order valence-corrected chi connectivity index (χ0v) is 7.21. The first kappa shape index (κ1) is 6.85. The molecule has 1 aromatic rings. The number of hydrogen-bond acceptors (Lipinski definition) is 4. The Labute approximate surface area is 77.3 Å². The second-order valence-corrected chi connectivity index (χ2v) is 3.57. The van der Waals surface area contributed by atoms with Gasteiger partial charge in [0.05, 0.1) is 16.8 Å². The fourth-order valence-corrected chi connectivity index (χ4v) is 2.19. The summed E-state index contributed by atoms with van der Waals surface area (Å²) in [7, 11) is 0. The van der Waals surface area contributed by atoms with E-state index in [4.69, 9.17) is 0 Å². The number of azo groups is 1. The summed E-state index contributed by atoms with van der Waals surface area (Å²) >= 11 is 1.56. The molecule has 62 valence electrons. The predicted molar refractivity (Wildman–Crippen MR) is 49.3 cm³/mol. The van der Waals surface area contributed by atoms with Crippen molar-refractivity contribution in [3.05, 3.63) is 22.5 Å². The number of rotatable bonds is 0. The molecular weight excluding hydrogens is 186 g/mol. The third-order valence-electron chi connectivity index (χ3n) is 1.91. The van der Waals surface area contributed by atoms with Crippen LogP contribution < -0.4 is 0 Å². The summed E-state index contributed by atoms with van der Waals surface area (Å²) < 4.78 is 0. The largest absolute Gasteiger partial charge is 0.314 e. The van der Waals surface area contributed by atoms with E-state index < -0.39 is 0 Å². The monoisotopic (exact) mass is 189 g/mol. The molecule has 0 spiro atoms. The maximum atomic E-state index is 11.2. The molecule has 0 fully saturated rings. The van der Waals surface area contributed by atoms with Crippen molar-refractivity contribution in [3.8, 4) is 0 Å². The number of carbonyl (C=O) groups is 1. The van der Waals surface area contributed by atoms with Crippen LogP contribution in [0.3, 0.4) is 0 Å². The average Bonchev–Trinajstić information content (AvgIpc) is 2.65. The lowest BCUT2D eigenvalue weighted by atomic mass is 10.1. The number of nitrogens with zero attached hydrogens (tertiary/aromatic N) is 3. The van der Waals surface area contributed by atoms with Crippen LogP contribution in [0.15, 0.2) is 32.9 Å². The van der Waals surface area contributed by atoms with E-state index in [9.17, 15) is 4.79 Å². The van der Waals surface area contributed by atoms with Crippen molar-refractivity contribution in [1.29, 1.82) is 0 Å². The van der Waals surface area contributed by atoms with Crippen LogP contribution in [0.4, 0.5) is 5.69 Å². The molecule has 0 radical (unpaired) electrons. The van der Waals surface area contributed by atoms with Crippen LogP contribution in [0, 0.1) is 0 Å². The fraction of sp³-hybridized carbons (Fsp3) is 0. The average molecular weight is 189 g/mol. The van der Waals surface area contributed by atoms with Gasteiger partial charge in [0.15, 0.2) is 0 Å². The Morgan fingerprint density at radius 3 is 3.23 bits per heavy atom. The lowest BCUT2D eigenvalue weighted by Gasteiger charge is -2.00. The van der Waals surface area contributed by atoms with Crippen LogP contribution in [0.25, 0.3) is 5.57 Å². The van der Waals surface area contributed by atoms with Crippen LogP contribution in [-0.2, 0) is 4.79 Å². The lowest BCUT2D eigenvalue weighted by Crippen LogP contribution is -2.11. The van der Waals surface area contributed by atoms with Crippen LogP contribution in [0.1, 0.15) is 4.88 Å². The zero-order chi connectivity index (χ0) is 8.84. The Morgan fingerprint density at radius 2 is 2.31 bits per heavy atom. The maximum Gasteiger partial charge on any atom is 0.314 e. The molecule has 0 aromatic carbocycles. The molecule has 2 aliphatic heterocycles. The molecule has 1 aromatic heterocycles. The first-order valence-electron chi connectivity index (χ1n) is 3.68. The van der Waals surface area contributed by atoms with Gasteiger partial charge in [-0.25, -0.2) is 4.99 Å². The van der Waals surface area contributed by atoms with Gasteiger partial charge in [0.1, 0.15) is 5.71 Å². The van der Waals surface area contributed by atoms with Crippen LogP contribution in [0.5, 0.6) is 0 Å². The van der Waals surface area contributed by atoms with Gasteiger partial charge < -0.3 is 0 Å². The Morgan fingerprint density at radius 1 is 1.38 bits per heavy atom. The van der Waals surface area contributed by atoms with Gasteiger partial charge in [0, 0.05) is 5.57 Å². The summed E-state index contributed by atoms with van der Waals surface area (Å²) in [4.78, 5) is 16.4. The van der Waals surface area contributed by atoms with Gasteiger partial charge in [0.25, 0.3) is 0 Å². The highest BCUT2D eigenvalue weighted by molar-refractivity contribution is 7.12. The summed E-state index contributed by atoms with van der Waals surface area (Å²) in [6, 6.07) is 1.89. The minimum Gasteiger partial charge on any atom is -0.263 e. The second-order valence-electron chi connectivity index (χ2n) is 2.66. The number of fused-ring (bicyclic) bond motifs is 3. The number of carbonyl (C=O) groups excluding carboxylic acids is 1. The molecule has 13 heavy (non-hydrogen) atoms. The topological polar surface area (TPSA) is 54.1 Å². The quantitative estimate of drug-likeness (QED) is 0.617. The van der Waals surface area contributed by atoms with Crippen LogP contribution in [0.2, 0.25) is 0 Å². The predicted octanol–water partition coefficient (Wildman–Crippen LogP) is 2.17. The third-order valence-corrected chi connectivity index (χ3v) is 2.85. The van der Waals surface area contributed by atoms with Gasteiger partial charge in [-0.15, -0.1) is 16.5 Å². The highest BCUT2D eigenvalue weighted by Crippen LogP contribution is 2.40. The molecule has 0 saturated heterocycles. The molecule has 0 unspecified atom stereocenters. The summed E-state index contributed by atoms with van der Waals surface area (Å²) in [5.74, 6) is -0.346. The van der Waals surface area contributed by atoms with Crippen molar-refractivity contribution < 1.29 is 4.79 Å². The van der Waals surface area contributed by atoms with Gasteiger partial charge in [-0.1, -0.05) is 0 Å². The highest BCUT2D eigenvalue weighted by Gasteiger charge is 2.29. The van der Waals surface area contributed by atoms with Gasteiger partial charge in [-0.2, -0.15) is 5.11 Å². The van der Waals surface area contributed by atoms with Crippen LogP contribution >= 0.6 is 11.3 Å². The van der Waals surface area contributed by atoms with Crippen molar-refractivity contribution in [2.24, 2.45) is 15.2 Å². The van der Waals surface area contributed by atoms with Gasteiger partial charge in [-0.05, 0) is 11.4 Å². The van der Waals surface area contributed by atoms with Gasteiger partial charge >= 0.3 is 5.91 Å². The molecule has 3 heterocycles. The number of amides is 1. The van der Waals surface area contributed by atoms with Crippen molar-refractivity contribution in [1.82, 2.24) is 0 Å². The Balaban J connectivity index is 2.30. The van der Waals surface area contributed by atoms with E-state index in [0.717, 1.165) is 16.1 Å². The van der Waals surface area contributed by atoms with Gasteiger partial charge in [0.2, 0.25) is 0 Å². The van der Waals surface area contributed by atoms with Crippen molar-refractivity contribution in [2.45, 2.75) is 0 Å². The first-order valence-corrected chi connectivity index (χ1v) is 4.56. The molecule has 4 nitrogen and oxygen atoms in total. The Hall–Kier alpha value is -1.62. The maximum absolute atomic E-state index is 11.2. The Kier molecular flexibility index (Phi) is 1.16. The normalized spacial score (nSPS) is 18.0. The van der Waals surface area contributed by atoms with Crippen molar-refractivity contribution in [2.75, 3.05) is 0 Å². The summed E-state index contributed by atoms with van der Waals surface area (Å²) in [6.45, 7) is 0. The molecule has 0 saturated carbocycles. The summed E-state index contributed by atoms with van der Waals surface area (Å²) in [5, 5.41) is 8.98. The number of aliphatic imine (C=N–C) groups is 1. The number of hydrogen-bond donors (Lipinski definition) is 0. The third kappa shape index (κ3) is 0.790. The molecule has 0 bridgehead atoms. The van der Waals surface area contributed by atoms with Crippen LogP contribution in [-0.4, -0.2) is 11.6 Å². The van der Waals surface area contributed by atoms with E-state index >= 15 is 0 Å². The van der Waals surface area contributed by atoms with E-state index in [1.165, 1.54) is 0 Å². The molecule has 0 N–H and O–H groups in total. The van der Waals surface area contributed by atoms with E-state index in [2.05, 4.69) is 15.2 Å². The molecule has 0 atom stereocenters. The van der Waals surface area contributed by atoms with Crippen molar-refractivity contribution in [3.63, 3.8) is 0 Å². The lowest BCUT2D eigenvalue weighted by molar-refractivity contribution is -0.112. The molecule has 5 heteroatoms. The molecule has 0 aliphatic carbocycles. The van der Waals surface area contributed by atoms with E-state index in [-0.39, 0.29) is 5.91 Å². The van der Waals surface area contributed by atoms with E-state index in [1.807, 2.05) is 11.4 Å². The van der Waals surface area contributed by atoms with E-state index in [1.54, 1.807) is 17.5 Å². The highest BCUT2D eigenvalue weighted by atomic mass is 32.1. The molecule has 2 aliphatic rings. The minimum atomic E-state index is -0.346. The molecule has 1 amide bonds. The number of thiophene rings is 1.